The number of hydrogen-bond donors (Lipinski definition) is 3. The first kappa shape index (κ1) is 18.7. The smallest absolute Gasteiger partial charge is 0.165 e. The van der Waals surface area contributed by atoms with Crippen molar-refractivity contribution in [2.75, 3.05) is 10.7 Å². The molecule has 3 N–H and O–H groups in total. The van der Waals surface area contributed by atoms with E-state index in [2.05, 4.69) is 35.6 Å². The molecule has 2 aromatic carbocycles. The molecule has 0 aliphatic heterocycles. The number of anilines is 3. The van der Waals surface area contributed by atoms with Gasteiger partial charge >= 0.3 is 0 Å². The fourth-order valence-electron chi connectivity index (χ4n) is 3.46. The number of para-hydroxylation sites is 1. The summed E-state index contributed by atoms with van der Waals surface area (Å²) in [5.41, 5.74) is 8.31. The second-order valence-corrected chi connectivity index (χ2v) is 7.24. The molecule has 29 heavy (non-hydrogen) atoms. The highest BCUT2D eigenvalue weighted by Gasteiger charge is 2.20. The number of nitrogens with one attached hydrogen (secondary N) is 2. The molecule has 1 unspecified atom stereocenters. The van der Waals surface area contributed by atoms with Crippen molar-refractivity contribution in [3.05, 3.63) is 65.4 Å². The summed E-state index contributed by atoms with van der Waals surface area (Å²) in [6.07, 6.45) is 5.04. The number of aromatic hydroxyl groups is 1. The molecule has 0 fully saturated rings. The second-order valence-electron chi connectivity index (χ2n) is 7.24. The van der Waals surface area contributed by atoms with Gasteiger partial charge in [0, 0.05) is 18.0 Å². The molecular weight excluding hydrogens is 362 g/mol. The summed E-state index contributed by atoms with van der Waals surface area (Å²) in [4.78, 5) is 9.48. The van der Waals surface area contributed by atoms with E-state index in [1.807, 2.05) is 43.3 Å². The average Bonchev–Trinajstić information content (AvgIpc) is 2.71. The van der Waals surface area contributed by atoms with E-state index < -0.39 is 0 Å². The fraction of sp³-hybridized carbons (Fsp3) is 0.174. The highest BCUT2D eigenvalue weighted by atomic mass is 16.3. The lowest BCUT2D eigenvalue weighted by Crippen LogP contribution is -2.11. The zero-order chi connectivity index (χ0) is 20.4. The Kier molecular flexibility index (Phi) is 4.99. The Labute approximate surface area is 170 Å². The largest absolute Gasteiger partial charge is 0.507 e. The molecule has 3 aromatic rings. The molecule has 0 spiro atoms. The molecule has 6 heteroatoms. The minimum absolute atomic E-state index is 0.162. The van der Waals surface area contributed by atoms with Gasteiger partial charge in [-0.1, -0.05) is 25.1 Å². The summed E-state index contributed by atoms with van der Waals surface area (Å²) >= 11 is 0. The Morgan fingerprint density at radius 2 is 2.00 bits per heavy atom. The van der Waals surface area contributed by atoms with Crippen molar-refractivity contribution in [1.82, 2.24) is 9.97 Å². The Morgan fingerprint density at radius 1 is 1.17 bits per heavy atom. The molecule has 4 rings (SSSR count). The summed E-state index contributed by atoms with van der Waals surface area (Å²) < 4.78 is 0. The number of phenolic OH excluding ortho intramolecular Hbond substituents is 1. The van der Waals surface area contributed by atoms with E-state index in [4.69, 9.17) is 9.97 Å². The highest BCUT2D eigenvalue weighted by Crippen LogP contribution is 2.34. The molecule has 146 valence electrons. The summed E-state index contributed by atoms with van der Waals surface area (Å²) in [6, 6.07) is 13.1. The number of hydrazone groups is 1. The van der Waals surface area contributed by atoms with Crippen molar-refractivity contribution in [3.63, 3.8) is 0 Å². The molecule has 1 atom stereocenters. The van der Waals surface area contributed by atoms with Gasteiger partial charge in [-0.15, -0.1) is 0 Å². The number of phenols is 1. The van der Waals surface area contributed by atoms with E-state index in [0.717, 1.165) is 40.4 Å². The van der Waals surface area contributed by atoms with Crippen molar-refractivity contribution >= 4 is 30.0 Å². The van der Waals surface area contributed by atoms with E-state index in [0.29, 0.717) is 17.3 Å². The summed E-state index contributed by atoms with van der Waals surface area (Å²) in [5, 5.41) is 17.4. The third kappa shape index (κ3) is 3.82. The van der Waals surface area contributed by atoms with Crippen LogP contribution in [0.5, 0.6) is 5.75 Å². The third-order valence-corrected chi connectivity index (χ3v) is 4.98. The normalized spacial score (nSPS) is 14.9. The molecule has 6 nitrogen and oxygen atoms in total. The third-order valence-electron chi connectivity index (χ3n) is 4.98. The number of nitrogens with zero attached hydrogens (tertiary/aromatic N) is 3. The van der Waals surface area contributed by atoms with Crippen molar-refractivity contribution in [2.45, 2.75) is 20.3 Å². The zero-order valence-electron chi connectivity index (χ0n) is 16.5. The predicted octanol–water partition coefficient (Wildman–Crippen LogP) is 5.13. The van der Waals surface area contributed by atoms with Crippen molar-refractivity contribution in [2.24, 2.45) is 11.0 Å². The van der Waals surface area contributed by atoms with Gasteiger partial charge in [0.25, 0.3) is 0 Å². The molecule has 1 aliphatic carbocycles. The summed E-state index contributed by atoms with van der Waals surface area (Å²) in [6.45, 7) is 7.65. The monoisotopic (exact) mass is 385 g/mol. The van der Waals surface area contributed by atoms with Gasteiger partial charge in [0.15, 0.2) is 5.82 Å². The molecule has 1 heterocycles. The number of aryl methyl sites for hydroxylation is 1. The fourth-order valence-corrected chi connectivity index (χ4v) is 3.46. The number of benzene rings is 2. The molecule has 0 amide bonds. The minimum Gasteiger partial charge on any atom is -0.507 e. The van der Waals surface area contributed by atoms with Gasteiger partial charge in [-0.25, -0.2) is 9.97 Å². The molecular formula is C23H23N5O. The lowest BCUT2D eigenvalue weighted by Gasteiger charge is -2.20. The topological polar surface area (TPSA) is 82.4 Å². The maximum Gasteiger partial charge on any atom is 0.165 e. The first-order valence-corrected chi connectivity index (χ1v) is 9.52. The Morgan fingerprint density at radius 3 is 2.76 bits per heavy atom. The van der Waals surface area contributed by atoms with Crippen LogP contribution >= 0.6 is 0 Å². The number of hydrogen-bond acceptors (Lipinski definition) is 6. The molecule has 1 aliphatic rings. The number of fused-ring (bicyclic) bond motifs is 1. The van der Waals surface area contributed by atoms with Crippen LogP contribution in [0.4, 0.5) is 17.2 Å². The number of allylic oxidation sites excluding steroid dienone is 1. The van der Waals surface area contributed by atoms with Crippen LogP contribution in [-0.2, 0) is 6.42 Å². The van der Waals surface area contributed by atoms with Gasteiger partial charge < -0.3 is 10.4 Å². The quantitative estimate of drug-likeness (QED) is 0.419. The number of rotatable bonds is 5. The van der Waals surface area contributed by atoms with E-state index in [1.54, 1.807) is 12.1 Å². The van der Waals surface area contributed by atoms with Crippen LogP contribution < -0.4 is 10.7 Å². The van der Waals surface area contributed by atoms with Gasteiger partial charge in [0.2, 0.25) is 0 Å². The molecule has 0 bridgehead atoms. The van der Waals surface area contributed by atoms with Crippen LogP contribution in [0.2, 0.25) is 0 Å². The van der Waals surface area contributed by atoms with Crippen LogP contribution in [0.15, 0.2) is 53.6 Å². The minimum atomic E-state index is 0.162. The maximum absolute atomic E-state index is 10.3. The average molecular weight is 385 g/mol. The van der Waals surface area contributed by atoms with Crippen molar-refractivity contribution in [3.8, 4) is 17.1 Å². The molecule has 0 saturated carbocycles. The van der Waals surface area contributed by atoms with Crippen LogP contribution in [0.25, 0.3) is 17.5 Å². The van der Waals surface area contributed by atoms with Crippen LogP contribution in [-0.4, -0.2) is 21.8 Å². The van der Waals surface area contributed by atoms with Gasteiger partial charge in [-0.3, -0.25) is 5.43 Å². The van der Waals surface area contributed by atoms with Crippen molar-refractivity contribution in [1.29, 1.82) is 0 Å². The first-order valence-electron chi connectivity index (χ1n) is 9.52. The van der Waals surface area contributed by atoms with E-state index >= 15 is 0 Å². The molecule has 1 aromatic heterocycles. The van der Waals surface area contributed by atoms with E-state index in [9.17, 15) is 5.11 Å². The second kappa shape index (κ2) is 7.75. The van der Waals surface area contributed by atoms with Crippen molar-refractivity contribution < 1.29 is 5.11 Å². The van der Waals surface area contributed by atoms with Crippen LogP contribution in [0.1, 0.15) is 23.7 Å². The summed E-state index contributed by atoms with van der Waals surface area (Å²) in [5.74, 6) is 1.82. The standard InChI is InChI=1S/C23H23N5O/c1-14-8-10-20-18(12-14)23(25-16-9-11-19(28-24-3)15(2)13-16)27-22(26-20)17-6-4-5-7-21(17)29/h4-11,13-14,28-29H,3,12H2,1-2H3,(H,25,26,27). The Hall–Kier alpha value is -3.67. The lowest BCUT2D eigenvalue weighted by atomic mass is 9.94. The molecule has 0 saturated heterocycles. The maximum atomic E-state index is 10.3. The molecule has 0 radical (unpaired) electrons. The number of aromatic nitrogens is 2. The predicted molar refractivity (Wildman–Crippen MR) is 119 cm³/mol. The van der Waals surface area contributed by atoms with E-state index in [-0.39, 0.29) is 5.75 Å². The van der Waals surface area contributed by atoms with Gasteiger partial charge in [-0.05, 0) is 61.2 Å². The van der Waals surface area contributed by atoms with Gasteiger partial charge in [-0.2, -0.15) is 5.10 Å². The first-order chi connectivity index (χ1) is 14.0. The summed E-state index contributed by atoms with van der Waals surface area (Å²) in [7, 11) is 0. The Balaban J connectivity index is 1.78. The SMILES string of the molecule is C=NNc1ccc(Nc2nc(-c3ccccc3O)nc3c2CC(C)C=C3)cc1C. The zero-order valence-corrected chi connectivity index (χ0v) is 16.5. The van der Waals surface area contributed by atoms with Gasteiger partial charge in [0.05, 0.1) is 16.9 Å². The van der Waals surface area contributed by atoms with Gasteiger partial charge in [0.1, 0.15) is 11.6 Å². The van der Waals surface area contributed by atoms with Crippen LogP contribution in [0.3, 0.4) is 0 Å². The highest BCUT2D eigenvalue weighted by molar-refractivity contribution is 5.73. The lowest BCUT2D eigenvalue weighted by molar-refractivity contribution is 0.477. The van der Waals surface area contributed by atoms with Crippen LogP contribution in [0, 0.1) is 12.8 Å². The Bertz CT molecular complexity index is 1110. The van der Waals surface area contributed by atoms with E-state index in [1.165, 1.54) is 0 Å².